The molecule has 20 heavy (non-hydrogen) atoms. The van der Waals surface area contributed by atoms with Crippen molar-refractivity contribution in [3.63, 3.8) is 0 Å². The topological polar surface area (TPSA) is 38.8 Å². The van der Waals surface area contributed by atoms with Gasteiger partial charge in [-0.1, -0.05) is 0 Å². The van der Waals surface area contributed by atoms with E-state index in [0.29, 0.717) is 31.9 Å². The standard InChI is InChI=1S/C15H18FNO3/c1-11-7-12(9-13(16)8-11)14(18)17-4-2-3-15(10-17)19-5-6-20-15/h7-9H,2-6,10H2,1H3. The van der Waals surface area contributed by atoms with E-state index in [1.807, 2.05) is 0 Å². The number of hydrogen-bond acceptors (Lipinski definition) is 3. The van der Waals surface area contributed by atoms with Crippen LogP contribution in [0.1, 0.15) is 28.8 Å². The minimum atomic E-state index is -0.643. The predicted octanol–water partition coefficient (Wildman–Crippen LogP) is 2.11. The molecule has 1 aromatic carbocycles. The molecule has 2 aliphatic rings. The molecular formula is C15H18FNO3. The SMILES string of the molecule is Cc1cc(F)cc(C(=O)N2CCCC3(C2)OCCO3)c1. The quantitative estimate of drug-likeness (QED) is 0.790. The van der Waals surface area contributed by atoms with Crippen molar-refractivity contribution in [1.29, 1.82) is 0 Å². The summed E-state index contributed by atoms with van der Waals surface area (Å²) < 4.78 is 24.7. The Morgan fingerprint density at radius 3 is 2.75 bits per heavy atom. The fourth-order valence-electron chi connectivity index (χ4n) is 2.94. The summed E-state index contributed by atoms with van der Waals surface area (Å²) in [6.45, 7) is 3.99. The number of amides is 1. The van der Waals surface area contributed by atoms with Gasteiger partial charge in [-0.15, -0.1) is 0 Å². The summed E-state index contributed by atoms with van der Waals surface area (Å²) in [6, 6.07) is 4.41. The maximum absolute atomic E-state index is 13.4. The minimum absolute atomic E-state index is 0.161. The van der Waals surface area contributed by atoms with Crippen LogP contribution in [-0.4, -0.2) is 42.9 Å². The van der Waals surface area contributed by atoms with E-state index >= 15 is 0 Å². The lowest BCUT2D eigenvalue weighted by Crippen LogP contribution is -2.51. The van der Waals surface area contributed by atoms with Crippen LogP contribution in [-0.2, 0) is 9.47 Å². The van der Waals surface area contributed by atoms with Crippen molar-refractivity contribution < 1.29 is 18.7 Å². The molecular weight excluding hydrogens is 261 g/mol. The Morgan fingerprint density at radius 1 is 1.30 bits per heavy atom. The van der Waals surface area contributed by atoms with Crippen LogP contribution >= 0.6 is 0 Å². The van der Waals surface area contributed by atoms with Gasteiger partial charge in [0.1, 0.15) is 5.82 Å². The molecule has 108 valence electrons. The Hall–Kier alpha value is -1.46. The van der Waals surface area contributed by atoms with Crippen molar-refractivity contribution in [2.45, 2.75) is 25.6 Å². The van der Waals surface area contributed by atoms with Gasteiger partial charge in [0.05, 0.1) is 19.8 Å². The maximum atomic E-state index is 13.4. The number of rotatable bonds is 1. The van der Waals surface area contributed by atoms with Gasteiger partial charge in [0.15, 0.2) is 5.79 Å². The largest absolute Gasteiger partial charge is 0.346 e. The Labute approximate surface area is 117 Å². The van der Waals surface area contributed by atoms with E-state index in [9.17, 15) is 9.18 Å². The first-order chi connectivity index (χ1) is 9.58. The zero-order chi connectivity index (χ0) is 14.2. The number of aryl methyl sites for hydroxylation is 1. The molecule has 0 bridgehead atoms. The van der Waals surface area contributed by atoms with Crippen molar-refractivity contribution in [2.24, 2.45) is 0 Å². The Morgan fingerprint density at radius 2 is 2.05 bits per heavy atom. The molecule has 4 nitrogen and oxygen atoms in total. The molecule has 1 spiro atoms. The van der Waals surface area contributed by atoms with E-state index in [1.165, 1.54) is 12.1 Å². The number of hydrogen-bond donors (Lipinski definition) is 0. The van der Waals surface area contributed by atoms with Crippen LogP contribution in [0.15, 0.2) is 18.2 Å². The van der Waals surface area contributed by atoms with E-state index in [1.54, 1.807) is 17.9 Å². The van der Waals surface area contributed by atoms with Crippen molar-refractivity contribution in [2.75, 3.05) is 26.3 Å². The second kappa shape index (κ2) is 5.14. The Kier molecular flexibility index (Phi) is 3.48. The molecule has 5 heteroatoms. The van der Waals surface area contributed by atoms with Crippen molar-refractivity contribution in [1.82, 2.24) is 4.90 Å². The number of piperidine rings is 1. The lowest BCUT2D eigenvalue weighted by Gasteiger charge is -2.38. The highest BCUT2D eigenvalue weighted by Crippen LogP contribution is 2.30. The zero-order valence-corrected chi connectivity index (χ0v) is 11.5. The zero-order valence-electron chi connectivity index (χ0n) is 11.5. The van der Waals surface area contributed by atoms with Crippen LogP contribution in [0.5, 0.6) is 0 Å². The molecule has 1 amide bonds. The average molecular weight is 279 g/mol. The third kappa shape index (κ3) is 2.55. The lowest BCUT2D eigenvalue weighted by atomic mass is 10.0. The molecule has 1 aromatic rings. The van der Waals surface area contributed by atoms with Crippen molar-refractivity contribution >= 4 is 5.91 Å². The molecule has 0 radical (unpaired) electrons. The van der Waals surface area contributed by atoms with Crippen LogP contribution in [0.2, 0.25) is 0 Å². The molecule has 2 fully saturated rings. The first-order valence-corrected chi connectivity index (χ1v) is 6.92. The highest BCUT2D eigenvalue weighted by Gasteiger charge is 2.42. The molecule has 2 saturated heterocycles. The smallest absolute Gasteiger partial charge is 0.254 e. The summed E-state index contributed by atoms with van der Waals surface area (Å²) in [6.07, 6.45) is 1.64. The van der Waals surface area contributed by atoms with Crippen molar-refractivity contribution in [3.8, 4) is 0 Å². The molecule has 0 unspecified atom stereocenters. The van der Waals surface area contributed by atoms with Gasteiger partial charge in [0.2, 0.25) is 0 Å². The molecule has 2 aliphatic heterocycles. The number of nitrogens with zero attached hydrogens (tertiary/aromatic N) is 1. The number of carbonyl (C=O) groups excluding carboxylic acids is 1. The number of likely N-dealkylation sites (tertiary alicyclic amines) is 1. The third-order valence-corrected chi connectivity index (χ3v) is 3.81. The van der Waals surface area contributed by atoms with Gasteiger partial charge in [-0.05, 0) is 37.1 Å². The highest BCUT2D eigenvalue weighted by atomic mass is 19.1. The van der Waals surface area contributed by atoms with E-state index in [0.717, 1.165) is 18.4 Å². The van der Waals surface area contributed by atoms with E-state index in [4.69, 9.17) is 9.47 Å². The third-order valence-electron chi connectivity index (χ3n) is 3.81. The second-order valence-electron chi connectivity index (χ2n) is 5.46. The average Bonchev–Trinajstić information content (AvgIpc) is 2.85. The van der Waals surface area contributed by atoms with Gasteiger partial charge in [-0.2, -0.15) is 0 Å². The van der Waals surface area contributed by atoms with Gasteiger partial charge in [0, 0.05) is 18.5 Å². The van der Waals surface area contributed by atoms with Gasteiger partial charge < -0.3 is 14.4 Å². The van der Waals surface area contributed by atoms with Crippen LogP contribution < -0.4 is 0 Å². The molecule has 3 rings (SSSR count). The van der Waals surface area contributed by atoms with E-state index in [-0.39, 0.29) is 11.7 Å². The number of carbonyl (C=O) groups is 1. The first-order valence-electron chi connectivity index (χ1n) is 6.92. The maximum Gasteiger partial charge on any atom is 0.254 e. The Balaban J connectivity index is 1.79. The summed E-state index contributed by atoms with van der Waals surface area (Å²) in [7, 11) is 0. The monoisotopic (exact) mass is 279 g/mol. The summed E-state index contributed by atoms with van der Waals surface area (Å²) in [5.41, 5.74) is 1.13. The van der Waals surface area contributed by atoms with Gasteiger partial charge in [-0.3, -0.25) is 4.79 Å². The second-order valence-corrected chi connectivity index (χ2v) is 5.46. The molecule has 0 aliphatic carbocycles. The van der Waals surface area contributed by atoms with Gasteiger partial charge in [0.25, 0.3) is 5.91 Å². The minimum Gasteiger partial charge on any atom is -0.346 e. The van der Waals surface area contributed by atoms with Crippen molar-refractivity contribution in [3.05, 3.63) is 35.1 Å². The normalized spacial score (nSPS) is 21.4. The molecule has 0 aromatic heterocycles. The molecule has 0 saturated carbocycles. The number of halogens is 1. The number of benzene rings is 1. The number of ether oxygens (including phenoxy) is 2. The van der Waals surface area contributed by atoms with Gasteiger partial charge >= 0.3 is 0 Å². The van der Waals surface area contributed by atoms with Crippen LogP contribution in [0, 0.1) is 12.7 Å². The van der Waals surface area contributed by atoms with E-state index in [2.05, 4.69) is 0 Å². The highest BCUT2D eigenvalue weighted by molar-refractivity contribution is 5.94. The first kappa shape index (κ1) is 13.5. The molecule has 2 heterocycles. The fourth-order valence-corrected chi connectivity index (χ4v) is 2.94. The molecule has 0 atom stereocenters. The van der Waals surface area contributed by atoms with Crippen LogP contribution in [0.3, 0.4) is 0 Å². The summed E-state index contributed by atoms with van der Waals surface area (Å²) in [5.74, 6) is -1.18. The summed E-state index contributed by atoms with van der Waals surface area (Å²) >= 11 is 0. The van der Waals surface area contributed by atoms with E-state index < -0.39 is 5.79 Å². The fraction of sp³-hybridized carbons (Fsp3) is 0.533. The van der Waals surface area contributed by atoms with Crippen LogP contribution in [0.4, 0.5) is 4.39 Å². The van der Waals surface area contributed by atoms with Gasteiger partial charge in [-0.25, -0.2) is 4.39 Å². The predicted molar refractivity (Wildman–Crippen MR) is 70.9 cm³/mol. The summed E-state index contributed by atoms with van der Waals surface area (Å²) in [4.78, 5) is 14.2. The summed E-state index contributed by atoms with van der Waals surface area (Å²) in [5, 5.41) is 0. The van der Waals surface area contributed by atoms with Crippen LogP contribution in [0.25, 0.3) is 0 Å². The lowest BCUT2D eigenvalue weighted by molar-refractivity contribution is -0.183. The Bertz CT molecular complexity index is 506. The molecule has 0 N–H and O–H groups in total.